The molecule has 20 heavy (non-hydrogen) atoms. The number of rotatable bonds is 6. The number of nitrogens with two attached hydrogens (primary N) is 1. The molecular weight excluding hydrogens is 262 g/mol. The van der Waals surface area contributed by atoms with Gasteiger partial charge in [-0.1, -0.05) is 0 Å². The van der Waals surface area contributed by atoms with Crippen molar-refractivity contribution in [3.63, 3.8) is 0 Å². The quantitative estimate of drug-likeness (QED) is 0.469. The number of nitrogens with zero attached hydrogens (tertiary/aromatic N) is 1. The van der Waals surface area contributed by atoms with Crippen LogP contribution < -0.4 is 11.1 Å². The number of nitro groups is 1. The van der Waals surface area contributed by atoms with Crippen molar-refractivity contribution in [2.45, 2.75) is 26.4 Å². The average Bonchev–Trinajstić information content (AvgIpc) is 2.36. The van der Waals surface area contributed by atoms with Gasteiger partial charge in [-0.3, -0.25) is 14.9 Å². The minimum absolute atomic E-state index is 0.0894. The fraction of sp³-hybridized carbons (Fsp3) is 0.462. The Labute approximate surface area is 117 Å². The number of non-ortho nitro benzene ring substituents is 1. The summed E-state index contributed by atoms with van der Waals surface area (Å²) in [6.07, 6.45) is 0. The van der Waals surface area contributed by atoms with Gasteiger partial charge in [0.25, 0.3) is 11.6 Å². The zero-order valence-electron chi connectivity index (χ0n) is 11.8. The lowest BCUT2D eigenvalue weighted by Gasteiger charge is -2.25. The first-order valence-corrected chi connectivity index (χ1v) is 6.23. The van der Waals surface area contributed by atoms with Crippen LogP contribution in [0.15, 0.2) is 18.2 Å². The molecular formula is C13H19N3O4. The van der Waals surface area contributed by atoms with Crippen molar-refractivity contribution >= 4 is 17.3 Å². The lowest BCUT2D eigenvalue weighted by molar-refractivity contribution is -0.384. The van der Waals surface area contributed by atoms with Gasteiger partial charge in [0.2, 0.25) is 0 Å². The zero-order chi connectivity index (χ0) is 15.3. The first kappa shape index (κ1) is 15.9. The molecule has 0 radical (unpaired) electrons. The van der Waals surface area contributed by atoms with Gasteiger partial charge in [0.05, 0.1) is 16.1 Å². The summed E-state index contributed by atoms with van der Waals surface area (Å²) in [6, 6.07) is 3.77. The van der Waals surface area contributed by atoms with Crippen LogP contribution in [0.1, 0.15) is 31.1 Å². The third kappa shape index (κ3) is 4.20. The van der Waals surface area contributed by atoms with Gasteiger partial charge in [0.1, 0.15) is 0 Å². The lowest BCUT2D eigenvalue weighted by atomic mass is 10.1. The van der Waals surface area contributed by atoms with Crippen LogP contribution in [0.5, 0.6) is 0 Å². The van der Waals surface area contributed by atoms with Gasteiger partial charge >= 0.3 is 0 Å². The van der Waals surface area contributed by atoms with Crippen molar-refractivity contribution in [1.82, 2.24) is 5.32 Å². The Balaban J connectivity index is 2.82. The Bertz CT molecular complexity index is 514. The number of carbonyl (C=O) groups excluding carboxylic acids is 1. The summed E-state index contributed by atoms with van der Waals surface area (Å²) in [5.41, 5.74) is 5.27. The first-order chi connectivity index (χ1) is 9.26. The van der Waals surface area contributed by atoms with Gasteiger partial charge in [0, 0.05) is 31.0 Å². The molecule has 0 saturated heterocycles. The van der Waals surface area contributed by atoms with Gasteiger partial charge in [-0.2, -0.15) is 0 Å². The average molecular weight is 281 g/mol. The molecule has 0 bridgehead atoms. The van der Waals surface area contributed by atoms with Crippen LogP contribution in [0, 0.1) is 10.1 Å². The number of nitro benzene ring substituents is 1. The molecule has 7 heteroatoms. The minimum Gasteiger partial charge on any atom is -0.398 e. The molecule has 3 N–H and O–H groups in total. The Kier molecular flexibility index (Phi) is 5.04. The number of carbonyl (C=O) groups is 1. The second-order valence-electron chi connectivity index (χ2n) is 4.90. The van der Waals surface area contributed by atoms with E-state index in [4.69, 9.17) is 10.5 Å². The van der Waals surface area contributed by atoms with Crippen LogP contribution in [-0.2, 0) is 4.74 Å². The van der Waals surface area contributed by atoms with E-state index in [0.717, 1.165) is 0 Å². The molecule has 0 aliphatic carbocycles. The summed E-state index contributed by atoms with van der Waals surface area (Å²) < 4.78 is 5.45. The van der Waals surface area contributed by atoms with Crippen molar-refractivity contribution in [3.05, 3.63) is 33.9 Å². The van der Waals surface area contributed by atoms with E-state index < -0.39 is 16.4 Å². The highest BCUT2D eigenvalue weighted by Crippen LogP contribution is 2.19. The van der Waals surface area contributed by atoms with E-state index in [9.17, 15) is 14.9 Å². The molecule has 0 saturated carbocycles. The van der Waals surface area contributed by atoms with Crippen molar-refractivity contribution in [3.8, 4) is 0 Å². The third-order valence-corrected chi connectivity index (χ3v) is 2.70. The summed E-state index contributed by atoms with van der Waals surface area (Å²) in [7, 11) is 0. The number of hydrogen-bond donors (Lipinski definition) is 2. The number of amides is 1. The Morgan fingerprint density at radius 1 is 1.50 bits per heavy atom. The highest BCUT2D eigenvalue weighted by atomic mass is 16.6. The fourth-order valence-electron chi connectivity index (χ4n) is 1.68. The first-order valence-electron chi connectivity index (χ1n) is 6.23. The Morgan fingerprint density at radius 3 is 2.70 bits per heavy atom. The van der Waals surface area contributed by atoms with Crippen molar-refractivity contribution in [2.75, 3.05) is 18.9 Å². The fourth-order valence-corrected chi connectivity index (χ4v) is 1.68. The second-order valence-corrected chi connectivity index (χ2v) is 4.90. The predicted molar refractivity (Wildman–Crippen MR) is 75.5 cm³/mol. The molecule has 1 aromatic carbocycles. The molecule has 0 aliphatic rings. The molecule has 7 nitrogen and oxygen atoms in total. The SMILES string of the molecule is CCOC(C)(C)CNC(=O)c1cc([N+](=O)[O-])ccc1N. The summed E-state index contributed by atoms with van der Waals surface area (Å²) >= 11 is 0. The summed E-state index contributed by atoms with van der Waals surface area (Å²) in [6.45, 7) is 6.35. The molecule has 1 amide bonds. The van der Waals surface area contributed by atoms with Gasteiger partial charge in [-0.25, -0.2) is 0 Å². The van der Waals surface area contributed by atoms with E-state index in [-0.39, 0.29) is 23.5 Å². The van der Waals surface area contributed by atoms with Crippen LogP contribution in [0.2, 0.25) is 0 Å². The van der Waals surface area contributed by atoms with Crippen LogP contribution in [0.3, 0.4) is 0 Å². The standard InChI is InChI=1S/C13H19N3O4/c1-4-20-13(2,3)8-15-12(17)10-7-9(16(18)19)5-6-11(10)14/h5-7H,4,8,14H2,1-3H3,(H,15,17). The summed E-state index contributed by atoms with van der Waals surface area (Å²) in [5, 5.41) is 13.4. The maximum absolute atomic E-state index is 12.0. The molecule has 0 spiro atoms. The highest BCUT2D eigenvalue weighted by molar-refractivity contribution is 5.99. The van der Waals surface area contributed by atoms with Crippen LogP contribution in [0.4, 0.5) is 11.4 Å². The summed E-state index contributed by atoms with van der Waals surface area (Å²) in [4.78, 5) is 22.2. The molecule has 0 aromatic heterocycles. The number of hydrogen-bond acceptors (Lipinski definition) is 5. The number of anilines is 1. The molecule has 110 valence electrons. The van der Waals surface area contributed by atoms with E-state index in [1.165, 1.54) is 18.2 Å². The van der Waals surface area contributed by atoms with Crippen molar-refractivity contribution in [2.24, 2.45) is 0 Å². The van der Waals surface area contributed by atoms with Crippen LogP contribution in [-0.4, -0.2) is 29.6 Å². The minimum atomic E-state index is -0.569. The second kappa shape index (κ2) is 6.33. The molecule has 0 unspecified atom stereocenters. The Morgan fingerprint density at radius 2 is 2.15 bits per heavy atom. The molecule has 0 atom stereocenters. The van der Waals surface area contributed by atoms with Gasteiger partial charge < -0.3 is 15.8 Å². The number of nitrogen functional groups attached to an aromatic ring is 1. The van der Waals surface area contributed by atoms with Crippen molar-refractivity contribution < 1.29 is 14.5 Å². The van der Waals surface area contributed by atoms with Crippen molar-refractivity contribution in [1.29, 1.82) is 0 Å². The number of benzene rings is 1. The van der Waals surface area contributed by atoms with E-state index in [1.54, 1.807) is 0 Å². The van der Waals surface area contributed by atoms with E-state index in [2.05, 4.69) is 5.32 Å². The molecule has 0 heterocycles. The molecule has 0 aliphatic heterocycles. The van der Waals surface area contributed by atoms with E-state index in [1.807, 2.05) is 20.8 Å². The molecule has 1 aromatic rings. The smallest absolute Gasteiger partial charge is 0.270 e. The maximum atomic E-state index is 12.0. The van der Waals surface area contributed by atoms with E-state index >= 15 is 0 Å². The summed E-state index contributed by atoms with van der Waals surface area (Å²) in [5.74, 6) is -0.459. The number of ether oxygens (including phenoxy) is 1. The lowest BCUT2D eigenvalue weighted by Crippen LogP contribution is -2.40. The maximum Gasteiger partial charge on any atom is 0.270 e. The topological polar surface area (TPSA) is 107 Å². The third-order valence-electron chi connectivity index (χ3n) is 2.70. The largest absolute Gasteiger partial charge is 0.398 e. The van der Waals surface area contributed by atoms with Gasteiger partial charge in [0.15, 0.2) is 0 Å². The highest BCUT2D eigenvalue weighted by Gasteiger charge is 2.21. The van der Waals surface area contributed by atoms with Gasteiger partial charge in [-0.15, -0.1) is 0 Å². The van der Waals surface area contributed by atoms with Crippen LogP contribution in [0.25, 0.3) is 0 Å². The zero-order valence-corrected chi connectivity index (χ0v) is 11.8. The van der Waals surface area contributed by atoms with Gasteiger partial charge in [-0.05, 0) is 26.8 Å². The predicted octanol–water partition coefficient (Wildman–Crippen LogP) is 1.72. The Hall–Kier alpha value is -2.15. The monoisotopic (exact) mass is 281 g/mol. The van der Waals surface area contributed by atoms with Crippen LogP contribution >= 0.6 is 0 Å². The van der Waals surface area contributed by atoms with E-state index in [0.29, 0.717) is 6.61 Å². The molecule has 1 rings (SSSR count). The molecule has 0 fully saturated rings. The number of nitrogens with one attached hydrogen (secondary N) is 1. The normalized spacial score (nSPS) is 11.2.